The van der Waals surface area contributed by atoms with Gasteiger partial charge in [0.25, 0.3) is 0 Å². The van der Waals surface area contributed by atoms with Crippen molar-refractivity contribution in [3.8, 4) is 0 Å². The van der Waals surface area contributed by atoms with Crippen molar-refractivity contribution < 1.29 is 14.0 Å². The van der Waals surface area contributed by atoms with Crippen molar-refractivity contribution in [1.82, 2.24) is 0 Å². The molecule has 0 aromatic rings. The van der Waals surface area contributed by atoms with Gasteiger partial charge in [0.05, 0.1) is 12.0 Å². The monoisotopic (exact) mass is 328 g/mol. The molecule has 1 atom stereocenters. The lowest BCUT2D eigenvalue weighted by Crippen LogP contribution is -2.43. The second kappa shape index (κ2) is 8.30. The topological polar surface area (TPSA) is 35.5 Å². The summed E-state index contributed by atoms with van der Waals surface area (Å²) >= 11 is 0. The molecule has 0 heterocycles. The molecule has 0 spiro atoms. The largest absolute Gasteiger partial charge is 0.465 e. The first kappa shape index (κ1) is 21.4. The lowest BCUT2D eigenvalue weighted by atomic mass is 9.97. The first-order chi connectivity index (χ1) is 9.81. The normalized spacial score (nSPS) is 14.5. The Morgan fingerprint density at radius 2 is 1.73 bits per heavy atom. The highest BCUT2D eigenvalue weighted by Crippen LogP contribution is 2.38. The van der Waals surface area contributed by atoms with Gasteiger partial charge in [-0.3, -0.25) is 4.79 Å². The van der Waals surface area contributed by atoms with E-state index in [9.17, 15) is 4.79 Å². The molecule has 3 nitrogen and oxygen atoms in total. The fraction of sp³-hybridized carbons (Fsp3) is 0.833. The molecule has 0 aliphatic rings. The molecule has 0 fully saturated rings. The first-order valence-corrected chi connectivity index (χ1v) is 11.2. The highest BCUT2D eigenvalue weighted by molar-refractivity contribution is 6.74. The molecule has 0 amide bonds. The lowest BCUT2D eigenvalue weighted by Gasteiger charge is -2.39. The van der Waals surface area contributed by atoms with Gasteiger partial charge in [0.15, 0.2) is 8.32 Å². The van der Waals surface area contributed by atoms with Crippen LogP contribution in [0.25, 0.3) is 0 Å². The standard InChI is InChI=1S/C18H36O3Si/c1-10-12-15(21-22(8,9)18(5,6)7)13-11-14-20-16(19)17(2,3)4/h10,15H,1,11-14H2,2-9H3/t15-/m0/s1. The Morgan fingerprint density at radius 1 is 1.18 bits per heavy atom. The summed E-state index contributed by atoms with van der Waals surface area (Å²) in [5, 5.41) is 0.200. The zero-order valence-electron chi connectivity index (χ0n) is 15.9. The Hall–Kier alpha value is -0.613. The van der Waals surface area contributed by atoms with Crippen LogP contribution in [-0.2, 0) is 14.0 Å². The van der Waals surface area contributed by atoms with Crippen molar-refractivity contribution in [3.63, 3.8) is 0 Å². The van der Waals surface area contributed by atoms with Gasteiger partial charge in [0, 0.05) is 6.10 Å². The van der Waals surface area contributed by atoms with Gasteiger partial charge >= 0.3 is 5.97 Å². The van der Waals surface area contributed by atoms with E-state index in [1.165, 1.54) is 0 Å². The number of rotatable bonds is 8. The van der Waals surface area contributed by atoms with Gasteiger partial charge in [0.2, 0.25) is 0 Å². The van der Waals surface area contributed by atoms with Crippen molar-refractivity contribution in [3.05, 3.63) is 12.7 Å². The van der Waals surface area contributed by atoms with Crippen LogP contribution in [0.1, 0.15) is 60.8 Å². The molecule has 0 rings (SSSR count). The molecular weight excluding hydrogens is 292 g/mol. The highest BCUT2D eigenvalue weighted by Gasteiger charge is 2.38. The smallest absolute Gasteiger partial charge is 0.311 e. The maximum absolute atomic E-state index is 11.7. The number of hydrogen-bond donors (Lipinski definition) is 0. The molecule has 0 N–H and O–H groups in total. The Bertz CT molecular complexity index is 362. The summed E-state index contributed by atoms with van der Waals surface area (Å²) in [6, 6.07) is 0. The van der Waals surface area contributed by atoms with Gasteiger partial charge in [-0.1, -0.05) is 26.8 Å². The summed E-state index contributed by atoms with van der Waals surface area (Å²) < 4.78 is 11.8. The molecule has 0 unspecified atom stereocenters. The van der Waals surface area contributed by atoms with E-state index in [2.05, 4.69) is 40.4 Å². The number of esters is 1. The zero-order valence-corrected chi connectivity index (χ0v) is 16.9. The van der Waals surface area contributed by atoms with Gasteiger partial charge in [-0.15, -0.1) is 6.58 Å². The third kappa shape index (κ3) is 7.59. The van der Waals surface area contributed by atoms with E-state index in [0.717, 1.165) is 19.3 Å². The number of carbonyl (C=O) groups excluding carboxylic acids is 1. The van der Waals surface area contributed by atoms with Gasteiger partial charge in [-0.25, -0.2) is 0 Å². The predicted molar refractivity (Wildman–Crippen MR) is 96.5 cm³/mol. The van der Waals surface area contributed by atoms with Crippen molar-refractivity contribution >= 4 is 14.3 Å². The van der Waals surface area contributed by atoms with E-state index in [1.807, 2.05) is 26.8 Å². The molecular formula is C18H36O3Si. The molecule has 0 aromatic heterocycles. The van der Waals surface area contributed by atoms with E-state index in [1.54, 1.807) is 0 Å². The molecule has 0 aliphatic heterocycles. The van der Waals surface area contributed by atoms with Gasteiger partial charge in [0.1, 0.15) is 0 Å². The van der Waals surface area contributed by atoms with E-state index in [4.69, 9.17) is 9.16 Å². The number of ether oxygens (including phenoxy) is 1. The van der Waals surface area contributed by atoms with Crippen molar-refractivity contribution in [2.75, 3.05) is 6.61 Å². The van der Waals surface area contributed by atoms with E-state index >= 15 is 0 Å². The molecule has 0 aromatic carbocycles. The third-order valence-electron chi connectivity index (χ3n) is 4.21. The van der Waals surface area contributed by atoms with Crippen molar-refractivity contribution in [2.45, 2.75) is 85.0 Å². The molecule has 0 saturated carbocycles. The summed E-state index contributed by atoms with van der Waals surface area (Å²) in [5.74, 6) is -0.141. The van der Waals surface area contributed by atoms with Crippen LogP contribution in [0.4, 0.5) is 0 Å². The lowest BCUT2D eigenvalue weighted by molar-refractivity contribution is -0.153. The molecule has 0 aliphatic carbocycles. The summed E-state index contributed by atoms with van der Waals surface area (Å²) in [7, 11) is -1.77. The van der Waals surface area contributed by atoms with Crippen LogP contribution in [0, 0.1) is 5.41 Å². The molecule has 4 heteroatoms. The summed E-state index contributed by atoms with van der Waals surface area (Å²) in [6.07, 6.45) is 4.66. The van der Waals surface area contributed by atoms with Crippen molar-refractivity contribution in [2.24, 2.45) is 5.41 Å². The molecule has 0 radical (unpaired) electrons. The minimum Gasteiger partial charge on any atom is -0.465 e. The van der Waals surface area contributed by atoms with Crippen LogP contribution in [0.2, 0.25) is 18.1 Å². The first-order valence-electron chi connectivity index (χ1n) is 8.27. The van der Waals surface area contributed by atoms with E-state index in [-0.39, 0.29) is 17.1 Å². The zero-order chi connectivity index (χ0) is 17.6. The van der Waals surface area contributed by atoms with Crippen LogP contribution >= 0.6 is 0 Å². The minimum atomic E-state index is -1.77. The Balaban J connectivity index is 4.38. The predicted octanol–water partition coefficient (Wildman–Crippen LogP) is 5.32. The van der Waals surface area contributed by atoms with Crippen LogP contribution in [-0.4, -0.2) is 27.0 Å². The molecule has 22 heavy (non-hydrogen) atoms. The van der Waals surface area contributed by atoms with E-state index < -0.39 is 13.7 Å². The Labute approximate surface area is 138 Å². The fourth-order valence-corrected chi connectivity index (χ4v) is 3.10. The SMILES string of the molecule is C=CC[C@@H](CCCOC(=O)C(C)(C)C)O[Si](C)(C)C(C)(C)C. The van der Waals surface area contributed by atoms with Gasteiger partial charge in [-0.05, 0) is 58.2 Å². The average Bonchev–Trinajstić information content (AvgIpc) is 2.31. The van der Waals surface area contributed by atoms with Crippen LogP contribution in [0.3, 0.4) is 0 Å². The van der Waals surface area contributed by atoms with Crippen LogP contribution in [0.5, 0.6) is 0 Å². The molecule has 0 bridgehead atoms. The number of hydrogen-bond acceptors (Lipinski definition) is 3. The summed E-state index contributed by atoms with van der Waals surface area (Å²) in [4.78, 5) is 11.7. The second-order valence-corrected chi connectivity index (χ2v) is 13.3. The van der Waals surface area contributed by atoms with Gasteiger partial charge < -0.3 is 9.16 Å². The fourth-order valence-electron chi connectivity index (χ4n) is 1.70. The summed E-state index contributed by atoms with van der Waals surface area (Å²) in [5.41, 5.74) is -0.432. The Kier molecular flexibility index (Phi) is 8.07. The van der Waals surface area contributed by atoms with Crippen LogP contribution in [0.15, 0.2) is 12.7 Å². The average molecular weight is 329 g/mol. The maximum Gasteiger partial charge on any atom is 0.311 e. The van der Waals surface area contributed by atoms with Crippen molar-refractivity contribution in [1.29, 1.82) is 0 Å². The summed E-state index contributed by atoms with van der Waals surface area (Å²) in [6.45, 7) is 21.2. The third-order valence-corrected chi connectivity index (χ3v) is 8.75. The molecule has 0 saturated heterocycles. The highest BCUT2D eigenvalue weighted by atomic mass is 28.4. The van der Waals surface area contributed by atoms with E-state index in [0.29, 0.717) is 6.61 Å². The maximum atomic E-state index is 11.7. The number of carbonyl (C=O) groups is 1. The Morgan fingerprint density at radius 3 is 2.14 bits per heavy atom. The second-order valence-electron chi connectivity index (χ2n) is 8.55. The molecule has 130 valence electrons. The van der Waals surface area contributed by atoms with Gasteiger partial charge in [-0.2, -0.15) is 0 Å². The quantitative estimate of drug-likeness (QED) is 0.262. The minimum absolute atomic E-state index is 0.141. The van der Waals surface area contributed by atoms with Crippen LogP contribution < -0.4 is 0 Å².